The van der Waals surface area contributed by atoms with Gasteiger partial charge in [-0.1, -0.05) is 42.5 Å². The molecule has 0 radical (unpaired) electrons. The topological polar surface area (TPSA) is 18.5 Å². The second-order valence-electron chi connectivity index (χ2n) is 4.97. The molecule has 1 saturated heterocycles. The van der Waals surface area contributed by atoms with Crippen molar-refractivity contribution in [3.05, 3.63) is 65.7 Å². The van der Waals surface area contributed by atoms with Crippen molar-refractivity contribution in [2.45, 2.75) is 25.0 Å². The summed E-state index contributed by atoms with van der Waals surface area (Å²) in [6, 6.07) is 18.7. The highest BCUT2D eigenvalue weighted by atomic mass is 16.5. The Hall–Kier alpha value is -1.80. The summed E-state index contributed by atoms with van der Waals surface area (Å²) in [5, 5.41) is 0. The molecular weight excluding hydrogens is 236 g/mol. The van der Waals surface area contributed by atoms with Gasteiger partial charge >= 0.3 is 0 Å². The number of hydrogen-bond donors (Lipinski definition) is 0. The van der Waals surface area contributed by atoms with E-state index in [0.717, 1.165) is 5.75 Å². The average molecular weight is 254 g/mol. The molecular formula is C17H18O2. The lowest BCUT2D eigenvalue weighted by Gasteiger charge is -2.44. The summed E-state index contributed by atoms with van der Waals surface area (Å²) in [6.07, 6.45) is 0.434. The van der Waals surface area contributed by atoms with E-state index in [1.54, 1.807) is 7.11 Å². The van der Waals surface area contributed by atoms with E-state index in [0.29, 0.717) is 5.92 Å². The van der Waals surface area contributed by atoms with E-state index in [1.165, 1.54) is 11.1 Å². The van der Waals surface area contributed by atoms with Gasteiger partial charge in [0.05, 0.1) is 19.3 Å². The van der Waals surface area contributed by atoms with Gasteiger partial charge in [0.1, 0.15) is 5.75 Å². The highest BCUT2D eigenvalue weighted by Crippen LogP contribution is 2.47. The quantitative estimate of drug-likeness (QED) is 0.826. The van der Waals surface area contributed by atoms with E-state index < -0.39 is 0 Å². The van der Waals surface area contributed by atoms with Gasteiger partial charge in [-0.05, 0) is 30.2 Å². The van der Waals surface area contributed by atoms with Crippen LogP contribution in [0.3, 0.4) is 0 Å². The Bertz CT molecular complexity index is 533. The van der Waals surface area contributed by atoms with Gasteiger partial charge in [-0.3, -0.25) is 0 Å². The normalized spacial score (nSPS) is 25.7. The molecule has 0 amide bonds. The summed E-state index contributed by atoms with van der Waals surface area (Å²) in [5.74, 6) is 1.32. The zero-order chi connectivity index (χ0) is 13.2. The molecule has 0 N–H and O–H groups in total. The van der Waals surface area contributed by atoms with Crippen LogP contribution in [0.2, 0.25) is 0 Å². The summed E-state index contributed by atoms with van der Waals surface area (Å²) in [7, 11) is 1.69. The molecule has 98 valence electrons. The van der Waals surface area contributed by atoms with Gasteiger partial charge in [-0.25, -0.2) is 0 Å². The Balaban J connectivity index is 1.85. The predicted molar refractivity (Wildman–Crippen MR) is 75.5 cm³/mol. The van der Waals surface area contributed by atoms with Crippen LogP contribution in [0.5, 0.6) is 5.75 Å². The molecule has 0 aromatic heterocycles. The molecule has 2 aromatic rings. The standard InChI is InChI=1S/C17H18O2/c1-12-16(13-8-10-15(18-2)11-9-13)17(19-12)14-6-4-3-5-7-14/h3-12,16-17H,1-2H3/t12-,16+,17+/m0/s1. The largest absolute Gasteiger partial charge is 0.497 e. The van der Waals surface area contributed by atoms with Crippen LogP contribution < -0.4 is 4.74 Å². The van der Waals surface area contributed by atoms with E-state index in [4.69, 9.17) is 9.47 Å². The fourth-order valence-electron chi connectivity index (χ4n) is 2.76. The molecule has 0 aliphatic carbocycles. The molecule has 2 aromatic carbocycles. The molecule has 3 atom stereocenters. The Kier molecular flexibility index (Phi) is 3.26. The van der Waals surface area contributed by atoms with Crippen molar-refractivity contribution in [1.29, 1.82) is 0 Å². The van der Waals surface area contributed by atoms with Gasteiger partial charge in [0, 0.05) is 5.92 Å². The summed E-state index contributed by atoms with van der Waals surface area (Å²) in [4.78, 5) is 0. The Morgan fingerprint density at radius 1 is 0.895 bits per heavy atom. The second kappa shape index (κ2) is 5.06. The Morgan fingerprint density at radius 3 is 2.16 bits per heavy atom. The van der Waals surface area contributed by atoms with Crippen LogP contribution in [0, 0.1) is 0 Å². The lowest BCUT2D eigenvalue weighted by Crippen LogP contribution is -2.38. The zero-order valence-electron chi connectivity index (χ0n) is 11.2. The summed E-state index contributed by atoms with van der Waals surface area (Å²) >= 11 is 0. The number of benzene rings is 2. The zero-order valence-corrected chi connectivity index (χ0v) is 11.2. The van der Waals surface area contributed by atoms with E-state index in [9.17, 15) is 0 Å². The van der Waals surface area contributed by atoms with Gasteiger partial charge < -0.3 is 9.47 Å². The molecule has 1 aliphatic heterocycles. The number of ether oxygens (including phenoxy) is 2. The van der Waals surface area contributed by atoms with Gasteiger partial charge in [-0.2, -0.15) is 0 Å². The van der Waals surface area contributed by atoms with Crippen molar-refractivity contribution in [1.82, 2.24) is 0 Å². The van der Waals surface area contributed by atoms with Crippen LogP contribution in [-0.4, -0.2) is 13.2 Å². The molecule has 0 bridgehead atoms. The van der Waals surface area contributed by atoms with Crippen molar-refractivity contribution in [2.24, 2.45) is 0 Å². The molecule has 3 rings (SSSR count). The molecule has 1 aliphatic rings. The molecule has 2 heteroatoms. The molecule has 1 fully saturated rings. The minimum Gasteiger partial charge on any atom is -0.497 e. The number of methoxy groups -OCH3 is 1. The lowest BCUT2D eigenvalue weighted by molar-refractivity contribution is -0.142. The van der Waals surface area contributed by atoms with Crippen LogP contribution in [0.1, 0.15) is 30.1 Å². The van der Waals surface area contributed by atoms with E-state index in [1.807, 2.05) is 18.2 Å². The van der Waals surface area contributed by atoms with Crippen molar-refractivity contribution >= 4 is 0 Å². The average Bonchev–Trinajstić information content (AvgIpc) is 2.46. The van der Waals surface area contributed by atoms with Crippen LogP contribution in [0.25, 0.3) is 0 Å². The first kappa shape index (κ1) is 12.2. The highest BCUT2D eigenvalue weighted by Gasteiger charge is 2.41. The minimum atomic E-state index is 0.171. The molecule has 0 saturated carbocycles. The molecule has 0 unspecified atom stereocenters. The van der Waals surface area contributed by atoms with Crippen LogP contribution in [0.15, 0.2) is 54.6 Å². The summed E-state index contributed by atoms with van der Waals surface area (Å²) in [6.45, 7) is 2.13. The fraction of sp³-hybridized carbons (Fsp3) is 0.294. The monoisotopic (exact) mass is 254 g/mol. The molecule has 0 spiro atoms. The first-order valence-electron chi connectivity index (χ1n) is 6.64. The van der Waals surface area contributed by atoms with E-state index >= 15 is 0 Å². The summed E-state index contributed by atoms with van der Waals surface area (Å²) < 4.78 is 11.1. The van der Waals surface area contributed by atoms with Gasteiger partial charge in [-0.15, -0.1) is 0 Å². The van der Waals surface area contributed by atoms with Crippen molar-refractivity contribution in [3.63, 3.8) is 0 Å². The highest BCUT2D eigenvalue weighted by molar-refractivity contribution is 5.34. The molecule has 1 heterocycles. The Morgan fingerprint density at radius 2 is 1.58 bits per heavy atom. The lowest BCUT2D eigenvalue weighted by atomic mass is 9.80. The van der Waals surface area contributed by atoms with E-state index in [2.05, 4.69) is 43.3 Å². The Labute approximate surface area is 114 Å². The number of hydrogen-bond acceptors (Lipinski definition) is 2. The molecule has 2 nitrogen and oxygen atoms in total. The van der Waals surface area contributed by atoms with Crippen LogP contribution in [-0.2, 0) is 4.74 Å². The maximum Gasteiger partial charge on any atom is 0.118 e. The predicted octanol–water partition coefficient (Wildman–Crippen LogP) is 3.94. The smallest absolute Gasteiger partial charge is 0.118 e. The van der Waals surface area contributed by atoms with Crippen LogP contribution >= 0.6 is 0 Å². The summed E-state index contributed by atoms with van der Waals surface area (Å²) in [5.41, 5.74) is 2.56. The fourth-order valence-corrected chi connectivity index (χ4v) is 2.76. The minimum absolute atomic E-state index is 0.171. The second-order valence-corrected chi connectivity index (χ2v) is 4.97. The van der Waals surface area contributed by atoms with Crippen molar-refractivity contribution in [3.8, 4) is 5.75 Å². The van der Waals surface area contributed by atoms with Gasteiger partial charge in [0.15, 0.2) is 0 Å². The maximum atomic E-state index is 5.92. The van der Waals surface area contributed by atoms with Crippen LogP contribution in [0.4, 0.5) is 0 Å². The van der Waals surface area contributed by atoms with Crippen molar-refractivity contribution < 1.29 is 9.47 Å². The third-order valence-corrected chi connectivity index (χ3v) is 3.82. The van der Waals surface area contributed by atoms with Gasteiger partial charge in [0.25, 0.3) is 0 Å². The number of rotatable bonds is 3. The van der Waals surface area contributed by atoms with Crippen molar-refractivity contribution in [2.75, 3.05) is 7.11 Å². The SMILES string of the molecule is COc1ccc([C@H]2[C@H](C)O[C@@H]2c2ccccc2)cc1. The third kappa shape index (κ3) is 2.24. The first-order valence-corrected chi connectivity index (χ1v) is 6.64. The third-order valence-electron chi connectivity index (χ3n) is 3.82. The molecule has 19 heavy (non-hydrogen) atoms. The van der Waals surface area contributed by atoms with E-state index in [-0.39, 0.29) is 12.2 Å². The maximum absolute atomic E-state index is 5.92. The van der Waals surface area contributed by atoms with Gasteiger partial charge in [0.2, 0.25) is 0 Å². The first-order chi connectivity index (χ1) is 9.29.